The second-order valence-corrected chi connectivity index (χ2v) is 10.9. The summed E-state index contributed by atoms with van der Waals surface area (Å²) in [6.07, 6.45) is -0.237. The van der Waals surface area contributed by atoms with E-state index in [1.807, 2.05) is 6.07 Å². The van der Waals surface area contributed by atoms with Crippen LogP contribution in [-0.4, -0.2) is 10.1 Å². The zero-order valence-corrected chi connectivity index (χ0v) is 19.7. The van der Waals surface area contributed by atoms with E-state index in [1.165, 1.54) is 5.56 Å². The Balaban J connectivity index is 1.84. The van der Waals surface area contributed by atoms with Gasteiger partial charge in [-0.3, -0.25) is 0 Å². The van der Waals surface area contributed by atoms with Gasteiger partial charge in [0.15, 0.2) is 11.0 Å². The molecule has 3 N–H and O–H groups in total. The number of fused-ring (bicyclic) bond motifs is 5. The lowest BCUT2D eigenvalue weighted by Gasteiger charge is -2.31. The second kappa shape index (κ2) is 6.86. The van der Waals surface area contributed by atoms with Crippen LogP contribution in [0.15, 0.2) is 60.7 Å². The molecule has 0 amide bonds. The molecular weight excluding hydrogens is 394 g/mol. The number of hydrogen-bond donors (Lipinski definition) is 3. The fraction of sp³-hybridized carbons (Fsp3) is 0.321. The number of anilines is 1. The molecule has 4 aromatic rings. The van der Waals surface area contributed by atoms with Gasteiger partial charge >= 0.3 is 0 Å². The molecule has 0 radical (unpaired) electrons. The molecule has 0 unspecified atom stereocenters. The number of benzene rings is 3. The first-order valence-electron chi connectivity index (χ1n) is 11.3. The maximum absolute atomic E-state index is 11.6. The number of phenolic OH excluding ortho intramolecular Hbond substituents is 1. The number of hydrogen-bond acceptors (Lipinski definition) is 2. The largest absolute Gasteiger partial charge is 0.507 e. The van der Waals surface area contributed by atoms with Crippen molar-refractivity contribution >= 4 is 16.7 Å². The molecule has 0 fully saturated rings. The number of nitrogens with zero attached hydrogens (tertiary/aromatic N) is 1. The number of imidazole rings is 1. The molecule has 0 bridgehead atoms. The first-order chi connectivity index (χ1) is 15.1. The first kappa shape index (κ1) is 20.6. The average molecular weight is 427 g/mol. The Morgan fingerprint density at radius 3 is 2.25 bits per heavy atom. The Kier molecular flexibility index (Phi) is 4.42. The van der Waals surface area contributed by atoms with Gasteiger partial charge in [-0.2, -0.15) is 4.57 Å². The van der Waals surface area contributed by atoms with E-state index in [0.717, 1.165) is 39.2 Å². The van der Waals surface area contributed by atoms with Gasteiger partial charge in [-0.1, -0.05) is 71.9 Å². The summed E-state index contributed by atoms with van der Waals surface area (Å²) in [5.74, 6) is 1.41. The summed E-state index contributed by atoms with van der Waals surface area (Å²) in [5.41, 5.74) is 7.24. The topological polar surface area (TPSA) is 51.9 Å². The fourth-order valence-corrected chi connectivity index (χ4v) is 4.68. The van der Waals surface area contributed by atoms with E-state index < -0.39 is 0 Å². The van der Waals surface area contributed by atoms with E-state index in [1.54, 1.807) is 0 Å². The molecular formula is C28H32N3O+. The van der Waals surface area contributed by atoms with Crippen LogP contribution in [-0.2, 0) is 10.8 Å². The number of rotatable bonds is 1. The Hall–Kier alpha value is -3.27. The van der Waals surface area contributed by atoms with Crippen LogP contribution in [0.2, 0.25) is 0 Å². The normalized spacial score (nSPS) is 15.9. The van der Waals surface area contributed by atoms with Crippen molar-refractivity contribution < 1.29 is 9.67 Å². The van der Waals surface area contributed by atoms with Gasteiger partial charge in [0, 0.05) is 5.56 Å². The van der Waals surface area contributed by atoms with E-state index in [9.17, 15) is 5.11 Å². The van der Waals surface area contributed by atoms with Gasteiger partial charge in [0.25, 0.3) is 5.82 Å². The maximum atomic E-state index is 11.6. The van der Waals surface area contributed by atoms with Crippen LogP contribution in [0.4, 0.5) is 5.69 Å². The first-order valence-corrected chi connectivity index (χ1v) is 11.3. The second-order valence-electron chi connectivity index (χ2n) is 10.9. The molecule has 4 heteroatoms. The third-order valence-corrected chi connectivity index (χ3v) is 6.50. The Morgan fingerprint density at radius 1 is 0.844 bits per heavy atom. The van der Waals surface area contributed by atoms with Crippen molar-refractivity contribution in [1.29, 1.82) is 0 Å². The molecule has 0 saturated carbocycles. The van der Waals surface area contributed by atoms with Gasteiger partial charge in [0.05, 0.1) is 16.8 Å². The number of H-pyrrole nitrogens is 1. The molecule has 4 nitrogen and oxygen atoms in total. The highest BCUT2D eigenvalue weighted by atomic mass is 16.3. The molecule has 0 spiro atoms. The van der Waals surface area contributed by atoms with Crippen molar-refractivity contribution in [2.75, 3.05) is 5.32 Å². The van der Waals surface area contributed by atoms with Crippen LogP contribution in [0.25, 0.3) is 22.4 Å². The van der Waals surface area contributed by atoms with E-state index in [2.05, 4.69) is 111 Å². The van der Waals surface area contributed by atoms with Crippen molar-refractivity contribution in [3.05, 3.63) is 77.4 Å². The molecule has 1 aliphatic rings. The molecule has 1 aliphatic heterocycles. The fourth-order valence-electron chi connectivity index (χ4n) is 4.68. The van der Waals surface area contributed by atoms with Crippen LogP contribution in [0, 0.1) is 0 Å². The lowest BCUT2D eigenvalue weighted by atomic mass is 9.78. The number of aromatic nitrogens is 2. The Labute approximate surface area is 189 Å². The third-order valence-electron chi connectivity index (χ3n) is 6.50. The van der Waals surface area contributed by atoms with E-state index in [4.69, 9.17) is 0 Å². The molecule has 2 heterocycles. The minimum Gasteiger partial charge on any atom is -0.507 e. The Bertz CT molecular complexity index is 1340. The highest BCUT2D eigenvalue weighted by Crippen LogP contribution is 2.42. The van der Waals surface area contributed by atoms with Crippen molar-refractivity contribution in [1.82, 2.24) is 4.98 Å². The van der Waals surface area contributed by atoms with Crippen LogP contribution < -0.4 is 9.88 Å². The summed E-state index contributed by atoms with van der Waals surface area (Å²) in [5, 5.41) is 15.3. The van der Waals surface area contributed by atoms with Gasteiger partial charge in [-0.05, 0) is 46.7 Å². The molecule has 1 aromatic heterocycles. The van der Waals surface area contributed by atoms with Gasteiger partial charge in [-0.25, -0.2) is 4.98 Å². The molecule has 164 valence electrons. The van der Waals surface area contributed by atoms with Gasteiger partial charge in [0.1, 0.15) is 5.75 Å². The molecule has 32 heavy (non-hydrogen) atoms. The smallest absolute Gasteiger partial charge is 0.291 e. The van der Waals surface area contributed by atoms with E-state index >= 15 is 0 Å². The zero-order chi connectivity index (χ0) is 22.8. The summed E-state index contributed by atoms with van der Waals surface area (Å²) in [6, 6.07) is 21.0. The van der Waals surface area contributed by atoms with Gasteiger partial charge < -0.3 is 10.4 Å². The van der Waals surface area contributed by atoms with Crippen molar-refractivity contribution in [3.8, 4) is 17.1 Å². The minimum atomic E-state index is -0.237. The van der Waals surface area contributed by atoms with Crippen LogP contribution >= 0.6 is 0 Å². The number of para-hydroxylation sites is 3. The van der Waals surface area contributed by atoms with E-state index in [0.29, 0.717) is 5.75 Å². The molecule has 5 rings (SSSR count). The number of aromatic hydroxyl groups is 1. The predicted molar refractivity (Wildman–Crippen MR) is 131 cm³/mol. The predicted octanol–water partition coefficient (Wildman–Crippen LogP) is 6.40. The highest BCUT2D eigenvalue weighted by molar-refractivity contribution is 5.80. The molecule has 3 aromatic carbocycles. The van der Waals surface area contributed by atoms with Crippen molar-refractivity contribution in [2.45, 2.75) is 58.5 Å². The monoisotopic (exact) mass is 426 g/mol. The number of phenols is 1. The summed E-state index contributed by atoms with van der Waals surface area (Å²) < 4.78 is 2.28. The average Bonchev–Trinajstić information content (AvgIpc) is 3.12. The van der Waals surface area contributed by atoms with Gasteiger partial charge in [-0.15, -0.1) is 0 Å². The van der Waals surface area contributed by atoms with Crippen molar-refractivity contribution in [3.63, 3.8) is 0 Å². The Morgan fingerprint density at radius 2 is 1.53 bits per heavy atom. The van der Waals surface area contributed by atoms with Crippen LogP contribution in [0.3, 0.4) is 0 Å². The lowest BCUT2D eigenvalue weighted by Crippen LogP contribution is -2.48. The molecule has 1 atom stereocenters. The molecule has 0 saturated heterocycles. The minimum absolute atomic E-state index is 0.0390. The zero-order valence-electron chi connectivity index (χ0n) is 19.7. The molecule has 0 aliphatic carbocycles. The van der Waals surface area contributed by atoms with E-state index in [-0.39, 0.29) is 17.0 Å². The SMILES string of the molecule is CC(C)(C)c1cc([C@H]2Nc3ccccc3-c3[nH]c4ccccc4[n+]32)c(O)c(C(C)(C)C)c1. The third kappa shape index (κ3) is 3.17. The summed E-state index contributed by atoms with van der Waals surface area (Å²) in [6.45, 7) is 13.2. The summed E-state index contributed by atoms with van der Waals surface area (Å²) >= 11 is 0. The quantitative estimate of drug-likeness (QED) is 0.309. The maximum Gasteiger partial charge on any atom is 0.291 e. The van der Waals surface area contributed by atoms with Crippen LogP contribution in [0.5, 0.6) is 5.75 Å². The standard InChI is InChI=1S/C28H31N3O/c1-27(2,3)17-15-19(24(32)20(16-17)28(4,5)6)26-29-21-12-8-7-11-18(21)25-30-22-13-9-10-14-23(22)31(25)26/h7-16,26H,1-6H3,(H2,29,30,32)/p+1/t26-/m0/s1. The summed E-state index contributed by atoms with van der Waals surface area (Å²) in [7, 11) is 0. The number of nitrogens with one attached hydrogen (secondary N) is 2. The lowest BCUT2D eigenvalue weighted by molar-refractivity contribution is -0.673. The van der Waals surface area contributed by atoms with Crippen LogP contribution in [0.1, 0.15) is 64.4 Å². The summed E-state index contributed by atoms with van der Waals surface area (Å²) in [4.78, 5) is 3.62. The number of aromatic amines is 1. The highest BCUT2D eigenvalue weighted by Gasteiger charge is 2.37. The van der Waals surface area contributed by atoms with Gasteiger partial charge in [0.2, 0.25) is 6.17 Å². The van der Waals surface area contributed by atoms with Crippen molar-refractivity contribution in [2.24, 2.45) is 0 Å².